The second kappa shape index (κ2) is 6.12. The molecular formula is C16H18BrN3O2. The lowest BCUT2D eigenvalue weighted by Gasteiger charge is -2.26. The van der Waals surface area contributed by atoms with Gasteiger partial charge >= 0.3 is 0 Å². The molecule has 0 bridgehead atoms. The molecule has 22 heavy (non-hydrogen) atoms. The van der Waals surface area contributed by atoms with Crippen LogP contribution >= 0.6 is 15.9 Å². The fourth-order valence-electron chi connectivity index (χ4n) is 2.57. The van der Waals surface area contributed by atoms with Gasteiger partial charge in [-0.15, -0.1) is 0 Å². The van der Waals surface area contributed by atoms with Crippen LogP contribution < -0.4 is 0 Å². The standard InChI is InChI=1S/C16H18BrN3O2/c1-10(2)14-13(17)15(19-18-14)16(21)20-7-3-5-11(9-20)12-6-4-8-22-12/h4-6,8,10H,3,7,9H2,1-2H3,(H,18,19). The molecule has 3 rings (SSSR count). The van der Waals surface area contributed by atoms with Crippen LogP contribution in [-0.2, 0) is 0 Å². The SMILES string of the molecule is CC(C)c1[nH]nc(C(=O)N2CCC=C(c3ccco3)C2)c1Br. The minimum Gasteiger partial charge on any atom is -0.465 e. The van der Waals surface area contributed by atoms with Crippen LogP contribution in [0.15, 0.2) is 33.4 Å². The summed E-state index contributed by atoms with van der Waals surface area (Å²) in [5.74, 6) is 1.04. The molecule has 1 aliphatic heterocycles. The Balaban J connectivity index is 1.80. The molecule has 1 aliphatic rings. The Labute approximate surface area is 137 Å². The lowest BCUT2D eigenvalue weighted by atomic mass is 10.1. The van der Waals surface area contributed by atoms with Crippen LogP contribution in [0.2, 0.25) is 0 Å². The molecule has 3 heterocycles. The maximum absolute atomic E-state index is 12.7. The lowest BCUT2D eigenvalue weighted by molar-refractivity contribution is 0.0767. The number of nitrogens with one attached hydrogen (secondary N) is 1. The Bertz CT molecular complexity index is 701. The maximum Gasteiger partial charge on any atom is 0.275 e. The topological polar surface area (TPSA) is 62.1 Å². The van der Waals surface area contributed by atoms with Crippen molar-refractivity contribution in [1.82, 2.24) is 15.1 Å². The van der Waals surface area contributed by atoms with Crippen molar-refractivity contribution < 1.29 is 9.21 Å². The van der Waals surface area contributed by atoms with Crippen molar-refractivity contribution in [2.24, 2.45) is 0 Å². The van der Waals surface area contributed by atoms with E-state index in [0.717, 1.165) is 27.9 Å². The zero-order chi connectivity index (χ0) is 15.7. The largest absolute Gasteiger partial charge is 0.465 e. The Kier molecular flexibility index (Phi) is 4.20. The molecule has 1 N–H and O–H groups in total. The molecule has 0 aromatic carbocycles. The molecule has 0 fully saturated rings. The van der Waals surface area contributed by atoms with Gasteiger partial charge in [0.15, 0.2) is 5.69 Å². The third-order valence-electron chi connectivity index (χ3n) is 3.79. The van der Waals surface area contributed by atoms with Crippen LogP contribution in [0.25, 0.3) is 5.57 Å². The van der Waals surface area contributed by atoms with Crippen molar-refractivity contribution in [3.8, 4) is 0 Å². The van der Waals surface area contributed by atoms with Gasteiger partial charge in [0, 0.05) is 18.7 Å². The number of carbonyl (C=O) groups excluding carboxylic acids is 1. The van der Waals surface area contributed by atoms with Crippen LogP contribution in [0.5, 0.6) is 0 Å². The molecule has 0 spiro atoms. The Morgan fingerprint density at radius 3 is 2.95 bits per heavy atom. The van der Waals surface area contributed by atoms with Gasteiger partial charge in [-0.05, 0) is 40.4 Å². The number of hydrogen-bond donors (Lipinski definition) is 1. The molecule has 0 aliphatic carbocycles. The number of amides is 1. The summed E-state index contributed by atoms with van der Waals surface area (Å²) in [6.45, 7) is 5.36. The number of hydrogen-bond acceptors (Lipinski definition) is 3. The molecule has 5 nitrogen and oxygen atoms in total. The fourth-order valence-corrected chi connectivity index (χ4v) is 3.38. The van der Waals surface area contributed by atoms with Gasteiger partial charge in [0.25, 0.3) is 5.91 Å². The Morgan fingerprint density at radius 1 is 1.50 bits per heavy atom. The first-order valence-electron chi connectivity index (χ1n) is 7.34. The number of aromatic amines is 1. The molecule has 0 radical (unpaired) electrons. The fraction of sp³-hybridized carbons (Fsp3) is 0.375. The van der Waals surface area contributed by atoms with E-state index in [4.69, 9.17) is 4.42 Å². The summed E-state index contributed by atoms with van der Waals surface area (Å²) < 4.78 is 6.19. The molecule has 0 atom stereocenters. The second-order valence-electron chi connectivity index (χ2n) is 5.68. The summed E-state index contributed by atoms with van der Waals surface area (Å²) in [6.07, 6.45) is 4.60. The summed E-state index contributed by atoms with van der Waals surface area (Å²) in [5.41, 5.74) is 2.44. The summed E-state index contributed by atoms with van der Waals surface area (Å²) in [4.78, 5) is 14.5. The van der Waals surface area contributed by atoms with Gasteiger partial charge in [-0.25, -0.2) is 0 Å². The quantitative estimate of drug-likeness (QED) is 0.901. The highest BCUT2D eigenvalue weighted by Gasteiger charge is 2.26. The normalized spacial score (nSPS) is 15.3. The lowest BCUT2D eigenvalue weighted by Crippen LogP contribution is -2.35. The van der Waals surface area contributed by atoms with Gasteiger partial charge in [-0.2, -0.15) is 5.10 Å². The number of halogens is 1. The first-order chi connectivity index (χ1) is 10.6. The van der Waals surface area contributed by atoms with Crippen LogP contribution in [-0.4, -0.2) is 34.1 Å². The van der Waals surface area contributed by atoms with Crippen molar-refractivity contribution in [3.05, 3.63) is 46.1 Å². The average Bonchev–Trinajstić information content (AvgIpc) is 3.16. The van der Waals surface area contributed by atoms with Gasteiger partial charge in [0.2, 0.25) is 0 Å². The van der Waals surface area contributed by atoms with E-state index < -0.39 is 0 Å². The zero-order valence-electron chi connectivity index (χ0n) is 12.6. The molecule has 6 heteroatoms. The number of aromatic nitrogens is 2. The summed E-state index contributed by atoms with van der Waals surface area (Å²) in [5, 5.41) is 7.15. The molecule has 0 saturated heterocycles. The molecular weight excluding hydrogens is 346 g/mol. The van der Waals surface area contributed by atoms with E-state index in [2.05, 4.69) is 46.1 Å². The van der Waals surface area contributed by atoms with Gasteiger partial charge < -0.3 is 9.32 Å². The van der Waals surface area contributed by atoms with Crippen molar-refractivity contribution >= 4 is 27.4 Å². The van der Waals surface area contributed by atoms with Gasteiger partial charge in [-0.1, -0.05) is 19.9 Å². The molecule has 1 amide bonds. The van der Waals surface area contributed by atoms with Crippen molar-refractivity contribution in [3.63, 3.8) is 0 Å². The monoisotopic (exact) mass is 363 g/mol. The second-order valence-corrected chi connectivity index (χ2v) is 6.47. The van der Waals surface area contributed by atoms with E-state index >= 15 is 0 Å². The summed E-state index contributed by atoms with van der Waals surface area (Å²) in [6, 6.07) is 3.78. The molecule has 0 saturated carbocycles. The van der Waals surface area contributed by atoms with Crippen molar-refractivity contribution in [2.45, 2.75) is 26.2 Å². The van der Waals surface area contributed by atoms with E-state index in [9.17, 15) is 4.79 Å². The number of furan rings is 1. The Hall–Kier alpha value is -1.82. The number of rotatable bonds is 3. The predicted octanol–water partition coefficient (Wildman–Crippen LogP) is 3.82. The molecule has 2 aromatic rings. The number of nitrogens with zero attached hydrogens (tertiary/aromatic N) is 2. The van der Waals surface area contributed by atoms with Crippen LogP contribution in [0.4, 0.5) is 0 Å². The first-order valence-corrected chi connectivity index (χ1v) is 8.13. The predicted molar refractivity (Wildman–Crippen MR) is 87.6 cm³/mol. The van der Waals surface area contributed by atoms with E-state index in [1.54, 1.807) is 6.26 Å². The van der Waals surface area contributed by atoms with Crippen molar-refractivity contribution in [2.75, 3.05) is 13.1 Å². The molecule has 0 unspecified atom stereocenters. The highest BCUT2D eigenvalue weighted by atomic mass is 79.9. The number of H-pyrrole nitrogens is 1. The molecule has 2 aromatic heterocycles. The van der Waals surface area contributed by atoms with Gasteiger partial charge in [0.1, 0.15) is 5.76 Å². The average molecular weight is 364 g/mol. The highest BCUT2D eigenvalue weighted by Crippen LogP contribution is 2.28. The minimum atomic E-state index is -0.0628. The third-order valence-corrected chi connectivity index (χ3v) is 4.59. The van der Waals surface area contributed by atoms with Crippen LogP contribution in [0.1, 0.15) is 48.1 Å². The zero-order valence-corrected chi connectivity index (χ0v) is 14.2. The van der Waals surface area contributed by atoms with Crippen LogP contribution in [0, 0.1) is 0 Å². The van der Waals surface area contributed by atoms with Crippen molar-refractivity contribution in [1.29, 1.82) is 0 Å². The van der Waals surface area contributed by atoms with Crippen LogP contribution in [0.3, 0.4) is 0 Å². The van der Waals surface area contributed by atoms with E-state index in [-0.39, 0.29) is 11.8 Å². The summed E-state index contributed by atoms with van der Waals surface area (Å²) >= 11 is 3.50. The molecule has 116 valence electrons. The smallest absolute Gasteiger partial charge is 0.275 e. The Morgan fingerprint density at radius 2 is 2.32 bits per heavy atom. The summed E-state index contributed by atoms with van der Waals surface area (Å²) in [7, 11) is 0. The van der Waals surface area contributed by atoms with E-state index in [1.165, 1.54) is 0 Å². The van der Waals surface area contributed by atoms with Gasteiger partial charge in [-0.3, -0.25) is 9.89 Å². The third kappa shape index (κ3) is 2.75. The highest BCUT2D eigenvalue weighted by molar-refractivity contribution is 9.10. The maximum atomic E-state index is 12.7. The first kappa shape index (κ1) is 15.1. The van der Waals surface area contributed by atoms with E-state index in [1.807, 2.05) is 17.0 Å². The minimum absolute atomic E-state index is 0.0628. The number of carbonyl (C=O) groups is 1. The van der Waals surface area contributed by atoms with E-state index in [0.29, 0.717) is 18.8 Å². The van der Waals surface area contributed by atoms with Gasteiger partial charge in [0.05, 0.1) is 16.4 Å².